The van der Waals surface area contributed by atoms with E-state index in [9.17, 15) is 5.11 Å². The molecule has 0 atom stereocenters. The molecule has 1 N–H and O–H groups in total. The van der Waals surface area contributed by atoms with Gasteiger partial charge in [-0.15, -0.1) is 4.67 Å². The largest absolute Gasteiger partial charge is 0.515 e. The highest BCUT2D eigenvalue weighted by Crippen LogP contribution is 2.10. The maximum atomic E-state index is 9.35. The molecule has 0 aromatic carbocycles. The first-order chi connectivity index (χ1) is 11.6. The summed E-state index contributed by atoms with van der Waals surface area (Å²) in [5.74, 6) is 0. The molecule has 0 aromatic heterocycles. The molecule has 0 saturated carbocycles. The van der Waals surface area contributed by atoms with E-state index in [0.29, 0.717) is 0 Å². The smallest absolute Gasteiger partial charge is 0.283 e. The van der Waals surface area contributed by atoms with Gasteiger partial charge < -0.3 is 5.11 Å². The predicted octanol–water partition coefficient (Wildman–Crippen LogP) is 5.80. The highest BCUT2D eigenvalue weighted by atomic mass is 16.2. The highest BCUT2D eigenvalue weighted by Gasteiger charge is 2.04. The van der Waals surface area contributed by atoms with Crippen LogP contribution in [0, 0.1) is 0 Å². The fraction of sp³-hybridized carbons (Fsp3) is 0.364. The predicted molar refractivity (Wildman–Crippen MR) is 110 cm³/mol. The molecule has 0 aromatic rings. The van der Waals surface area contributed by atoms with Gasteiger partial charge in [0, 0.05) is 12.0 Å². The molecule has 0 fully saturated rings. The zero-order valence-electron chi connectivity index (χ0n) is 15.5. The number of rotatable bonds is 11. The maximum Gasteiger partial charge on any atom is 0.283 e. The minimum absolute atomic E-state index is 0.755. The third-order valence-electron chi connectivity index (χ3n) is 3.56. The third kappa shape index (κ3) is 10.4. The Morgan fingerprint density at radius 3 is 2.46 bits per heavy atom. The lowest BCUT2D eigenvalue weighted by Crippen LogP contribution is -1.99. The summed E-state index contributed by atoms with van der Waals surface area (Å²) in [5, 5.41) is 9.35. The Bertz CT molecular complexity index is 579. The highest BCUT2D eigenvalue weighted by molar-refractivity contribution is 5.85. The summed E-state index contributed by atoms with van der Waals surface area (Å²) in [6.45, 7) is 13.7. The van der Waals surface area contributed by atoms with Gasteiger partial charge in [0.1, 0.15) is 0 Å². The van der Waals surface area contributed by atoms with Crippen LogP contribution in [0.3, 0.4) is 0 Å². The van der Waals surface area contributed by atoms with Gasteiger partial charge in [0.15, 0.2) is 0 Å². The Kier molecular flexibility index (Phi) is 12.9. The van der Waals surface area contributed by atoms with Crippen molar-refractivity contribution in [1.82, 2.24) is 4.67 Å². The summed E-state index contributed by atoms with van der Waals surface area (Å²) >= 11 is 0. The van der Waals surface area contributed by atoms with Gasteiger partial charge in [-0.2, -0.15) is 0 Å². The van der Waals surface area contributed by atoms with Crippen LogP contribution in [0.5, 0.6) is 0 Å². The first-order valence-electron chi connectivity index (χ1n) is 8.61. The Labute approximate surface area is 147 Å². The van der Waals surface area contributed by atoms with Gasteiger partial charge in [0.05, 0.1) is 12.7 Å². The second-order valence-electron chi connectivity index (χ2n) is 5.61. The number of aliphatic hydroxyl groups is 1. The molecule has 0 rings (SSSR count). The monoisotopic (exact) mass is 326 g/mol. The SMILES string of the molecule is C=C/C(=C/C(C)=C\C(\C=C/C=C\CC(CCCC)=[N+]=C)=C/O)CC. The Morgan fingerprint density at radius 2 is 1.92 bits per heavy atom. The van der Waals surface area contributed by atoms with E-state index in [0.717, 1.165) is 48.8 Å². The standard InChI is InChI=1S/C22H31NO/c1-6-9-14-22(23-5)15-12-10-11-13-21(18-24)17-19(4)16-20(7-2)8-3/h7,10-13,16-18H,2,5-6,8-9,14-15H2,1,3-4H3/p+1/b12-10-,13-11-,19-17-,20-16-,21-18-. The summed E-state index contributed by atoms with van der Waals surface area (Å²) in [6, 6.07) is 0. The second-order valence-corrected chi connectivity index (χ2v) is 5.61. The van der Waals surface area contributed by atoms with Crippen LogP contribution in [0.15, 0.2) is 72.1 Å². The lowest BCUT2D eigenvalue weighted by molar-refractivity contribution is 0.470. The molecule has 0 saturated heterocycles. The van der Waals surface area contributed by atoms with Gasteiger partial charge >= 0.3 is 0 Å². The van der Waals surface area contributed by atoms with E-state index < -0.39 is 0 Å². The van der Waals surface area contributed by atoms with Gasteiger partial charge in [-0.25, -0.2) is 0 Å². The second kappa shape index (κ2) is 14.3. The number of aliphatic hydroxyl groups excluding tert-OH is 1. The van der Waals surface area contributed by atoms with Crippen molar-refractivity contribution < 1.29 is 5.11 Å². The zero-order chi connectivity index (χ0) is 18.2. The molecule has 2 nitrogen and oxygen atoms in total. The Hall–Kier alpha value is -2.31. The van der Waals surface area contributed by atoms with Crippen molar-refractivity contribution in [3.63, 3.8) is 0 Å². The van der Waals surface area contributed by atoms with Gasteiger partial charge in [-0.1, -0.05) is 68.9 Å². The number of allylic oxidation sites excluding steroid dienone is 10. The van der Waals surface area contributed by atoms with Crippen molar-refractivity contribution in [2.24, 2.45) is 0 Å². The minimum Gasteiger partial charge on any atom is -0.515 e. The van der Waals surface area contributed by atoms with Crippen LogP contribution in [0.4, 0.5) is 0 Å². The summed E-state index contributed by atoms with van der Waals surface area (Å²) in [5.41, 5.74) is 4.13. The molecule has 0 radical (unpaired) electrons. The quantitative estimate of drug-likeness (QED) is 0.221. The fourth-order valence-corrected chi connectivity index (χ4v) is 2.11. The molecule has 0 amide bonds. The van der Waals surface area contributed by atoms with Gasteiger partial charge in [0.2, 0.25) is 0 Å². The lowest BCUT2D eigenvalue weighted by atomic mass is 10.1. The summed E-state index contributed by atoms with van der Waals surface area (Å²) < 4.78 is 4.07. The van der Waals surface area contributed by atoms with Crippen molar-refractivity contribution in [2.45, 2.75) is 52.9 Å². The van der Waals surface area contributed by atoms with Crippen molar-refractivity contribution in [3.05, 3.63) is 72.1 Å². The van der Waals surface area contributed by atoms with Crippen molar-refractivity contribution in [2.75, 3.05) is 0 Å². The topological polar surface area (TPSA) is 34.3 Å². The Morgan fingerprint density at radius 1 is 1.17 bits per heavy atom. The van der Waals surface area contributed by atoms with E-state index in [2.05, 4.69) is 44.0 Å². The van der Waals surface area contributed by atoms with Gasteiger partial charge in [0.25, 0.3) is 12.4 Å². The summed E-state index contributed by atoms with van der Waals surface area (Å²) in [7, 11) is 0. The van der Waals surface area contributed by atoms with Crippen LogP contribution in [-0.2, 0) is 0 Å². The van der Waals surface area contributed by atoms with E-state index in [4.69, 9.17) is 0 Å². The van der Waals surface area contributed by atoms with Crippen LogP contribution in [0.25, 0.3) is 0 Å². The van der Waals surface area contributed by atoms with Gasteiger partial charge in [-0.05, 0) is 31.4 Å². The van der Waals surface area contributed by atoms with Crippen LogP contribution in [-0.4, -0.2) is 17.5 Å². The summed E-state index contributed by atoms with van der Waals surface area (Å²) in [4.78, 5) is 0. The van der Waals surface area contributed by atoms with Crippen LogP contribution in [0.1, 0.15) is 52.9 Å². The molecule has 0 aliphatic rings. The molecule has 0 unspecified atom stereocenters. The molecule has 0 bridgehead atoms. The molecular formula is C22H32NO+. The molecule has 0 aliphatic carbocycles. The lowest BCUT2D eigenvalue weighted by Gasteiger charge is -1.98. The number of hydrogen-bond acceptors (Lipinski definition) is 1. The fourth-order valence-electron chi connectivity index (χ4n) is 2.11. The van der Waals surface area contributed by atoms with E-state index in [1.807, 2.05) is 37.3 Å². The average Bonchev–Trinajstić information content (AvgIpc) is 2.60. The number of unbranched alkanes of at least 4 members (excludes halogenated alkanes) is 1. The molecule has 24 heavy (non-hydrogen) atoms. The van der Waals surface area contributed by atoms with Crippen molar-refractivity contribution in [3.8, 4) is 0 Å². The van der Waals surface area contributed by atoms with Crippen LogP contribution < -0.4 is 4.67 Å². The van der Waals surface area contributed by atoms with Crippen molar-refractivity contribution in [1.29, 1.82) is 0 Å². The van der Waals surface area contributed by atoms with Gasteiger partial charge in [-0.3, -0.25) is 0 Å². The summed E-state index contributed by atoms with van der Waals surface area (Å²) in [6.07, 6.45) is 19.9. The zero-order valence-corrected chi connectivity index (χ0v) is 15.5. The van der Waals surface area contributed by atoms with Crippen LogP contribution >= 0.6 is 0 Å². The molecule has 2 heteroatoms. The first kappa shape index (κ1) is 21.7. The Balaban J connectivity index is 4.71. The molecule has 0 heterocycles. The number of nitrogens with zero attached hydrogens (tertiary/aromatic N) is 1. The number of hydrogen-bond donors (Lipinski definition) is 1. The molecular weight excluding hydrogens is 294 g/mol. The molecule has 0 aliphatic heterocycles. The maximum absolute atomic E-state index is 9.35. The third-order valence-corrected chi connectivity index (χ3v) is 3.56. The molecule has 0 spiro atoms. The van der Waals surface area contributed by atoms with Crippen LogP contribution in [0.2, 0.25) is 0 Å². The normalized spacial score (nSPS) is 13.5. The minimum atomic E-state index is 0.755. The van der Waals surface area contributed by atoms with E-state index in [-0.39, 0.29) is 0 Å². The van der Waals surface area contributed by atoms with E-state index >= 15 is 0 Å². The first-order valence-corrected chi connectivity index (χ1v) is 8.61. The molecule has 130 valence electrons. The van der Waals surface area contributed by atoms with E-state index in [1.54, 1.807) is 0 Å². The van der Waals surface area contributed by atoms with Crippen molar-refractivity contribution >= 4 is 12.4 Å². The average molecular weight is 327 g/mol. The van der Waals surface area contributed by atoms with E-state index in [1.165, 1.54) is 12.0 Å².